The molecule has 11 heteroatoms. The lowest BCUT2D eigenvalue weighted by Crippen LogP contribution is -2.10. The second-order valence-corrected chi connectivity index (χ2v) is 3.09. The van der Waals surface area contributed by atoms with E-state index in [1.165, 1.54) is 0 Å². The standard InChI is InChI=1S/2C4H6N2O2.C3H3N3/c2*5-3(7)1-2-4(6)8;1-2-4-6-5-3-1/h2*1-2H,(H2,5,7)(H2,6,8);1-3H/b2*2-1-;. The first-order valence-corrected chi connectivity index (χ1v) is 5.38. The Kier molecular flexibility index (Phi) is 13.0. The minimum atomic E-state index is -0.677. The summed E-state index contributed by atoms with van der Waals surface area (Å²) in [7, 11) is 0. The van der Waals surface area contributed by atoms with Gasteiger partial charge in [0.2, 0.25) is 23.6 Å². The minimum absolute atomic E-state index is 0.677. The zero-order valence-electron chi connectivity index (χ0n) is 11.3. The fourth-order valence-corrected chi connectivity index (χ4v) is 0.533. The summed E-state index contributed by atoms with van der Waals surface area (Å²) in [5.74, 6) is -2.71. The number of nitrogens with two attached hydrogens (primary N) is 4. The van der Waals surface area contributed by atoms with Crippen molar-refractivity contribution in [3.63, 3.8) is 0 Å². The molecule has 0 radical (unpaired) electrons. The summed E-state index contributed by atoms with van der Waals surface area (Å²) in [6.45, 7) is 0. The highest BCUT2D eigenvalue weighted by Crippen LogP contribution is 1.66. The van der Waals surface area contributed by atoms with Crippen LogP contribution in [0.1, 0.15) is 0 Å². The van der Waals surface area contributed by atoms with Crippen molar-refractivity contribution in [1.29, 1.82) is 0 Å². The summed E-state index contributed by atoms with van der Waals surface area (Å²) in [6, 6.07) is 1.72. The molecule has 0 aliphatic carbocycles. The fourth-order valence-electron chi connectivity index (χ4n) is 0.533. The molecule has 0 aliphatic heterocycles. The molecule has 1 rings (SSSR count). The maximum absolute atomic E-state index is 9.83. The van der Waals surface area contributed by atoms with Gasteiger partial charge in [0, 0.05) is 24.3 Å². The third-order valence-electron chi connectivity index (χ3n) is 1.23. The number of primary amides is 4. The van der Waals surface area contributed by atoms with Crippen molar-refractivity contribution in [2.75, 3.05) is 0 Å². The van der Waals surface area contributed by atoms with E-state index < -0.39 is 23.6 Å². The predicted octanol–water partition coefficient (Wildman–Crippen LogP) is -3.10. The van der Waals surface area contributed by atoms with Crippen LogP contribution >= 0.6 is 0 Å². The number of amides is 4. The van der Waals surface area contributed by atoms with Crippen LogP contribution in [0.25, 0.3) is 0 Å². The zero-order chi connectivity index (χ0) is 17.4. The van der Waals surface area contributed by atoms with Crippen molar-refractivity contribution in [2.24, 2.45) is 22.9 Å². The molecule has 0 atom stereocenters. The molecule has 22 heavy (non-hydrogen) atoms. The lowest BCUT2D eigenvalue weighted by atomic mass is 10.5. The summed E-state index contributed by atoms with van der Waals surface area (Å²) in [5.41, 5.74) is 18.4. The second-order valence-electron chi connectivity index (χ2n) is 3.09. The first kappa shape index (κ1) is 20.7. The van der Waals surface area contributed by atoms with Crippen LogP contribution < -0.4 is 22.9 Å². The molecular weight excluding hydrogens is 294 g/mol. The molecule has 0 bridgehead atoms. The quantitative estimate of drug-likeness (QED) is 0.420. The molecule has 4 amide bonds. The topological polar surface area (TPSA) is 211 Å². The van der Waals surface area contributed by atoms with Crippen LogP contribution in [-0.4, -0.2) is 39.0 Å². The van der Waals surface area contributed by atoms with E-state index in [1.54, 1.807) is 18.5 Å². The van der Waals surface area contributed by atoms with Crippen LogP contribution in [0.3, 0.4) is 0 Å². The summed E-state index contributed by atoms with van der Waals surface area (Å²) in [6.07, 6.45) is 6.77. The lowest BCUT2D eigenvalue weighted by Gasteiger charge is -1.76. The van der Waals surface area contributed by atoms with E-state index in [-0.39, 0.29) is 0 Å². The SMILES string of the molecule is NC(=O)/C=C\C(N)=O.NC(=O)/C=C\C(N)=O.c1cnnnc1. The zero-order valence-corrected chi connectivity index (χ0v) is 11.3. The third-order valence-corrected chi connectivity index (χ3v) is 1.23. The van der Waals surface area contributed by atoms with Gasteiger partial charge >= 0.3 is 0 Å². The van der Waals surface area contributed by atoms with Gasteiger partial charge in [0.15, 0.2) is 0 Å². The van der Waals surface area contributed by atoms with Crippen LogP contribution in [0.2, 0.25) is 0 Å². The fraction of sp³-hybridized carbons (Fsp3) is 0. The van der Waals surface area contributed by atoms with Gasteiger partial charge in [-0.3, -0.25) is 19.2 Å². The number of hydrogen-bond acceptors (Lipinski definition) is 7. The number of hydrogen-bond donors (Lipinski definition) is 4. The van der Waals surface area contributed by atoms with Gasteiger partial charge in [0.05, 0.1) is 12.4 Å². The van der Waals surface area contributed by atoms with Crippen LogP contribution in [0.4, 0.5) is 0 Å². The van der Waals surface area contributed by atoms with E-state index >= 15 is 0 Å². The number of aromatic nitrogens is 3. The van der Waals surface area contributed by atoms with Crippen molar-refractivity contribution in [1.82, 2.24) is 15.4 Å². The summed E-state index contributed by atoms with van der Waals surface area (Å²) < 4.78 is 0. The summed E-state index contributed by atoms with van der Waals surface area (Å²) >= 11 is 0. The molecule has 11 nitrogen and oxygen atoms in total. The van der Waals surface area contributed by atoms with Gasteiger partial charge in [-0.2, -0.15) is 0 Å². The Hall–Kier alpha value is -3.63. The van der Waals surface area contributed by atoms with Crippen LogP contribution in [-0.2, 0) is 19.2 Å². The van der Waals surface area contributed by atoms with Crippen LogP contribution in [0.15, 0.2) is 42.8 Å². The minimum Gasteiger partial charge on any atom is -0.366 e. The van der Waals surface area contributed by atoms with E-state index in [0.29, 0.717) is 0 Å². The number of rotatable bonds is 4. The second kappa shape index (κ2) is 13.8. The first-order valence-electron chi connectivity index (χ1n) is 5.38. The summed E-state index contributed by atoms with van der Waals surface area (Å²) in [4.78, 5) is 39.3. The summed E-state index contributed by atoms with van der Waals surface area (Å²) in [5, 5.41) is 10.1. The number of carbonyl (C=O) groups is 4. The Morgan fingerprint density at radius 2 is 0.909 bits per heavy atom. The van der Waals surface area contributed by atoms with Crippen molar-refractivity contribution >= 4 is 23.6 Å². The number of nitrogens with zero attached hydrogens (tertiary/aromatic N) is 3. The smallest absolute Gasteiger partial charge is 0.241 e. The van der Waals surface area contributed by atoms with Crippen molar-refractivity contribution in [3.8, 4) is 0 Å². The van der Waals surface area contributed by atoms with E-state index in [0.717, 1.165) is 24.3 Å². The Morgan fingerprint density at radius 3 is 1.00 bits per heavy atom. The molecule has 1 aromatic heterocycles. The molecule has 0 aliphatic rings. The molecule has 0 spiro atoms. The van der Waals surface area contributed by atoms with E-state index in [1.807, 2.05) is 0 Å². The van der Waals surface area contributed by atoms with Gasteiger partial charge in [-0.05, 0) is 11.3 Å². The van der Waals surface area contributed by atoms with Gasteiger partial charge in [-0.25, -0.2) is 0 Å². The molecule has 1 aromatic rings. The Morgan fingerprint density at radius 1 is 0.636 bits per heavy atom. The lowest BCUT2D eigenvalue weighted by molar-refractivity contribution is -0.115. The van der Waals surface area contributed by atoms with Crippen molar-refractivity contribution in [2.45, 2.75) is 0 Å². The molecule has 1 heterocycles. The van der Waals surface area contributed by atoms with Gasteiger partial charge in [-0.1, -0.05) is 0 Å². The Bertz CT molecular complexity index is 450. The Labute approximate surface area is 125 Å². The average Bonchev–Trinajstić information content (AvgIpc) is 2.46. The highest BCUT2D eigenvalue weighted by molar-refractivity contribution is 5.95. The van der Waals surface area contributed by atoms with Crippen LogP contribution in [0, 0.1) is 0 Å². The number of carbonyl (C=O) groups excluding carboxylic acids is 4. The average molecular weight is 309 g/mol. The van der Waals surface area contributed by atoms with Crippen molar-refractivity contribution < 1.29 is 19.2 Å². The molecule has 0 unspecified atom stereocenters. The molecule has 0 fully saturated rings. The molecular formula is C11H15N7O4. The van der Waals surface area contributed by atoms with E-state index in [4.69, 9.17) is 0 Å². The van der Waals surface area contributed by atoms with Crippen molar-refractivity contribution in [3.05, 3.63) is 42.8 Å². The van der Waals surface area contributed by atoms with Gasteiger partial charge in [0.25, 0.3) is 0 Å². The largest absolute Gasteiger partial charge is 0.366 e. The first-order chi connectivity index (χ1) is 10.3. The van der Waals surface area contributed by atoms with Gasteiger partial charge in [0.1, 0.15) is 0 Å². The maximum Gasteiger partial charge on any atom is 0.241 e. The highest BCUT2D eigenvalue weighted by atomic mass is 16.2. The monoisotopic (exact) mass is 309 g/mol. The molecule has 0 saturated carbocycles. The van der Waals surface area contributed by atoms with Gasteiger partial charge < -0.3 is 22.9 Å². The van der Waals surface area contributed by atoms with E-state index in [2.05, 4.69) is 38.3 Å². The maximum atomic E-state index is 9.83. The third kappa shape index (κ3) is 25.3. The molecule has 118 valence electrons. The normalized spacial score (nSPS) is 9.09. The van der Waals surface area contributed by atoms with Crippen LogP contribution in [0.5, 0.6) is 0 Å². The Balaban J connectivity index is 0. The molecule has 0 saturated heterocycles. The highest BCUT2D eigenvalue weighted by Gasteiger charge is 1.84. The predicted molar refractivity (Wildman–Crippen MR) is 74.9 cm³/mol. The van der Waals surface area contributed by atoms with E-state index in [9.17, 15) is 19.2 Å². The molecule has 0 aromatic carbocycles. The van der Waals surface area contributed by atoms with Gasteiger partial charge in [-0.15, -0.1) is 10.2 Å². The molecule has 8 N–H and O–H groups in total.